The third-order valence-corrected chi connectivity index (χ3v) is 2.43. The molecule has 1 unspecified atom stereocenters. The molecule has 15 heavy (non-hydrogen) atoms. The number of amides is 1. The Bertz CT molecular complexity index is 336. The fourth-order valence-corrected chi connectivity index (χ4v) is 1.57. The molecule has 0 heterocycles. The quantitative estimate of drug-likeness (QED) is 0.767. The van der Waals surface area contributed by atoms with E-state index in [1.165, 1.54) is 11.1 Å². The predicted molar refractivity (Wildman–Crippen MR) is 61.8 cm³/mol. The van der Waals surface area contributed by atoms with E-state index in [-0.39, 0.29) is 11.9 Å². The molecule has 1 aromatic rings. The molecule has 0 aromatic heterocycles. The Morgan fingerprint density at radius 1 is 1.40 bits per heavy atom. The number of likely N-dealkylation sites (N-methyl/N-ethyl adjacent to an activating group) is 2. The summed E-state index contributed by atoms with van der Waals surface area (Å²) >= 11 is 0. The van der Waals surface area contributed by atoms with Gasteiger partial charge in [-0.05, 0) is 26.0 Å². The van der Waals surface area contributed by atoms with Gasteiger partial charge in [-0.3, -0.25) is 4.79 Å². The fraction of sp³-hybridized carbons (Fsp3) is 0.417. The van der Waals surface area contributed by atoms with Gasteiger partial charge in [-0.15, -0.1) is 0 Å². The zero-order valence-electron chi connectivity index (χ0n) is 9.50. The summed E-state index contributed by atoms with van der Waals surface area (Å²) in [5, 5.41) is 5.66. The van der Waals surface area contributed by atoms with Crippen LogP contribution in [0.2, 0.25) is 0 Å². The first-order valence-corrected chi connectivity index (χ1v) is 5.11. The second-order valence-corrected chi connectivity index (χ2v) is 3.65. The van der Waals surface area contributed by atoms with Gasteiger partial charge in [0.1, 0.15) is 0 Å². The largest absolute Gasteiger partial charge is 0.358 e. The molecule has 1 atom stereocenters. The van der Waals surface area contributed by atoms with E-state index >= 15 is 0 Å². The molecule has 0 radical (unpaired) electrons. The molecule has 0 aliphatic heterocycles. The summed E-state index contributed by atoms with van der Waals surface area (Å²) < 4.78 is 0. The minimum Gasteiger partial charge on any atom is -0.358 e. The van der Waals surface area contributed by atoms with Gasteiger partial charge in [0.15, 0.2) is 0 Å². The molecule has 1 rings (SSSR count). The molecular formula is C12H18N2O. The monoisotopic (exact) mass is 206 g/mol. The number of hydrogen-bond acceptors (Lipinski definition) is 2. The predicted octanol–water partition coefficient (Wildman–Crippen LogP) is 0.872. The van der Waals surface area contributed by atoms with Crippen LogP contribution in [0.4, 0.5) is 0 Å². The Hall–Kier alpha value is -1.35. The third kappa shape index (κ3) is 3.36. The SMILES string of the molecule is CNC(=O)C(Cc1cccc(C)c1)NC. The molecule has 82 valence electrons. The lowest BCUT2D eigenvalue weighted by Gasteiger charge is -2.14. The van der Waals surface area contributed by atoms with Crippen molar-refractivity contribution in [2.24, 2.45) is 0 Å². The first kappa shape index (κ1) is 11.7. The highest BCUT2D eigenvalue weighted by Gasteiger charge is 2.14. The van der Waals surface area contributed by atoms with Gasteiger partial charge in [-0.2, -0.15) is 0 Å². The highest BCUT2D eigenvalue weighted by molar-refractivity contribution is 5.81. The zero-order valence-corrected chi connectivity index (χ0v) is 9.50. The van der Waals surface area contributed by atoms with E-state index in [1.54, 1.807) is 14.1 Å². The molecular weight excluding hydrogens is 188 g/mol. The van der Waals surface area contributed by atoms with Crippen molar-refractivity contribution in [1.29, 1.82) is 0 Å². The van der Waals surface area contributed by atoms with Gasteiger partial charge in [-0.1, -0.05) is 29.8 Å². The Morgan fingerprint density at radius 3 is 2.67 bits per heavy atom. The van der Waals surface area contributed by atoms with Crippen molar-refractivity contribution in [2.75, 3.05) is 14.1 Å². The summed E-state index contributed by atoms with van der Waals surface area (Å²) in [6.45, 7) is 2.05. The number of aryl methyl sites for hydroxylation is 1. The van der Waals surface area contributed by atoms with Gasteiger partial charge in [-0.25, -0.2) is 0 Å². The fourth-order valence-electron chi connectivity index (χ4n) is 1.57. The van der Waals surface area contributed by atoms with Crippen molar-refractivity contribution in [2.45, 2.75) is 19.4 Å². The number of carbonyl (C=O) groups is 1. The topological polar surface area (TPSA) is 41.1 Å². The summed E-state index contributed by atoms with van der Waals surface area (Å²) in [4.78, 5) is 11.5. The molecule has 0 saturated carbocycles. The molecule has 0 spiro atoms. The number of benzene rings is 1. The normalized spacial score (nSPS) is 12.2. The molecule has 3 heteroatoms. The molecule has 1 aromatic carbocycles. The van der Waals surface area contributed by atoms with E-state index in [1.807, 2.05) is 12.1 Å². The minimum atomic E-state index is -0.156. The average molecular weight is 206 g/mol. The first-order valence-electron chi connectivity index (χ1n) is 5.11. The van der Waals surface area contributed by atoms with E-state index in [4.69, 9.17) is 0 Å². The second-order valence-electron chi connectivity index (χ2n) is 3.65. The Balaban J connectivity index is 2.70. The summed E-state index contributed by atoms with van der Waals surface area (Å²) in [5.74, 6) is 0.0269. The van der Waals surface area contributed by atoms with E-state index < -0.39 is 0 Å². The maximum atomic E-state index is 11.5. The van der Waals surface area contributed by atoms with Crippen molar-refractivity contribution in [3.63, 3.8) is 0 Å². The van der Waals surface area contributed by atoms with Crippen LogP contribution in [0.25, 0.3) is 0 Å². The number of rotatable bonds is 4. The van der Waals surface area contributed by atoms with Crippen LogP contribution in [0, 0.1) is 6.92 Å². The molecule has 3 nitrogen and oxygen atoms in total. The van der Waals surface area contributed by atoms with Crippen molar-refractivity contribution >= 4 is 5.91 Å². The van der Waals surface area contributed by atoms with Gasteiger partial charge in [0.05, 0.1) is 6.04 Å². The van der Waals surface area contributed by atoms with E-state index in [0.717, 1.165) is 6.42 Å². The second kappa shape index (κ2) is 5.51. The van der Waals surface area contributed by atoms with E-state index in [9.17, 15) is 4.79 Å². The average Bonchev–Trinajstić information content (AvgIpc) is 2.25. The molecule has 0 aliphatic carbocycles. The molecule has 0 fully saturated rings. The Morgan fingerprint density at radius 2 is 2.13 bits per heavy atom. The highest BCUT2D eigenvalue weighted by Crippen LogP contribution is 2.06. The maximum Gasteiger partial charge on any atom is 0.237 e. The highest BCUT2D eigenvalue weighted by atomic mass is 16.2. The van der Waals surface area contributed by atoms with E-state index in [2.05, 4.69) is 29.7 Å². The maximum absolute atomic E-state index is 11.5. The van der Waals surface area contributed by atoms with E-state index in [0.29, 0.717) is 0 Å². The minimum absolute atomic E-state index is 0.0269. The molecule has 0 aliphatic rings. The number of nitrogens with one attached hydrogen (secondary N) is 2. The molecule has 0 saturated heterocycles. The smallest absolute Gasteiger partial charge is 0.237 e. The molecule has 2 N–H and O–H groups in total. The molecule has 0 bridgehead atoms. The van der Waals surface area contributed by atoms with Crippen LogP contribution < -0.4 is 10.6 Å². The van der Waals surface area contributed by atoms with Crippen LogP contribution in [0.5, 0.6) is 0 Å². The Labute approximate surface area is 90.9 Å². The van der Waals surface area contributed by atoms with Gasteiger partial charge in [0.25, 0.3) is 0 Å². The van der Waals surface area contributed by atoms with Crippen LogP contribution in [-0.4, -0.2) is 26.0 Å². The standard InChI is InChI=1S/C12H18N2O/c1-9-5-4-6-10(7-9)8-11(13-2)12(15)14-3/h4-7,11,13H,8H2,1-3H3,(H,14,15). The Kier molecular flexibility index (Phi) is 4.31. The van der Waals surface area contributed by atoms with Crippen LogP contribution in [0.1, 0.15) is 11.1 Å². The van der Waals surface area contributed by atoms with Crippen LogP contribution in [0.3, 0.4) is 0 Å². The summed E-state index contributed by atoms with van der Waals surface area (Å²) in [6.07, 6.45) is 0.720. The number of hydrogen-bond donors (Lipinski definition) is 2. The lowest BCUT2D eigenvalue weighted by molar-refractivity contribution is -0.122. The third-order valence-electron chi connectivity index (χ3n) is 2.43. The molecule has 1 amide bonds. The van der Waals surface area contributed by atoms with Crippen molar-refractivity contribution in [1.82, 2.24) is 10.6 Å². The van der Waals surface area contributed by atoms with Crippen LogP contribution >= 0.6 is 0 Å². The van der Waals surface area contributed by atoms with Crippen molar-refractivity contribution in [3.05, 3.63) is 35.4 Å². The van der Waals surface area contributed by atoms with Crippen molar-refractivity contribution < 1.29 is 4.79 Å². The van der Waals surface area contributed by atoms with Gasteiger partial charge in [0.2, 0.25) is 5.91 Å². The lowest BCUT2D eigenvalue weighted by Crippen LogP contribution is -2.42. The summed E-state index contributed by atoms with van der Waals surface area (Å²) in [7, 11) is 3.46. The zero-order chi connectivity index (χ0) is 11.3. The van der Waals surface area contributed by atoms with Crippen LogP contribution in [-0.2, 0) is 11.2 Å². The van der Waals surface area contributed by atoms with Gasteiger partial charge >= 0.3 is 0 Å². The van der Waals surface area contributed by atoms with Gasteiger partial charge < -0.3 is 10.6 Å². The first-order chi connectivity index (χ1) is 7.17. The lowest BCUT2D eigenvalue weighted by atomic mass is 10.0. The summed E-state index contributed by atoms with van der Waals surface area (Å²) in [6, 6.07) is 8.06. The number of carbonyl (C=O) groups excluding carboxylic acids is 1. The van der Waals surface area contributed by atoms with Gasteiger partial charge in [0, 0.05) is 7.05 Å². The summed E-state index contributed by atoms with van der Waals surface area (Å²) in [5.41, 5.74) is 2.40. The van der Waals surface area contributed by atoms with Crippen LogP contribution in [0.15, 0.2) is 24.3 Å². The van der Waals surface area contributed by atoms with Crippen molar-refractivity contribution in [3.8, 4) is 0 Å².